The molecule has 1 aromatic rings. The zero-order valence-electron chi connectivity index (χ0n) is 10.4. The van der Waals surface area contributed by atoms with E-state index in [1.165, 1.54) is 14.2 Å². The topological polar surface area (TPSA) is 84.4 Å². The summed E-state index contributed by atoms with van der Waals surface area (Å²) in [6.45, 7) is 1.72. The maximum atomic E-state index is 11.7. The molecule has 1 N–H and O–H groups in total. The number of amides is 2. The summed E-state index contributed by atoms with van der Waals surface area (Å²) >= 11 is 0. The molecule has 2 heterocycles. The molecular formula is C11H14N4O3. The van der Waals surface area contributed by atoms with Crippen LogP contribution < -0.4 is 10.1 Å². The van der Waals surface area contributed by atoms with Crippen LogP contribution in [0.2, 0.25) is 0 Å². The van der Waals surface area contributed by atoms with Crippen LogP contribution in [0.15, 0.2) is 6.07 Å². The number of aryl methyl sites for hydroxylation is 1. The molecule has 0 aromatic carbocycles. The lowest BCUT2D eigenvalue weighted by molar-refractivity contribution is -0.136. The number of imide groups is 1. The number of rotatable bonds is 3. The lowest BCUT2D eigenvalue weighted by Gasteiger charge is -2.12. The Balaban J connectivity index is 2.17. The molecule has 0 aliphatic carbocycles. The number of carbonyl (C=O) groups excluding carboxylic acids is 2. The van der Waals surface area contributed by atoms with E-state index >= 15 is 0 Å². The third kappa shape index (κ3) is 2.24. The van der Waals surface area contributed by atoms with Crippen LogP contribution in [0.5, 0.6) is 5.88 Å². The van der Waals surface area contributed by atoms with Gasteiger partial charge in [0.25, 0.3) is 5.91 Å². The van der Waals surface area contributed by atoms with E-state index in [9.17, 15) is 9.59 Å². The highest BCUT2D eigenvalue weighted by Gasteiger charge is 2.36. The minimum Gasteiger partial charge on any atom is -0.481 e. The molecule has 1 fully saturated rings. The summed E-state index contributed by atoms with van der Waals surface area (Å²) < 4.78 is 5.02. The van der Waals surface area contributed by atoms with Crippen molar-refractivity contribution in [1.82, 2.24) is 14.9 Å². The molecule has 7 heteroatoms. The van der Waals surface area contributed by atoms with Crippen molar-refractivity contribution in [3.63, 3.8) is 0 Å². The highest BCUT2D eigenvalue weighted by molar-refractivity contribution is 6.06. The number of nitrogens with zero attached hydrogens (tertiary/aromatic N) is 3. The Morgan fingerprint density at radius 3 is 2.72 bits per heavy atom. The van der Waals surface area contributed by atoms with Gasteiger partial charge < -0.3 is 10.1 Å². The maximum Gasteiger partial charge on any atom is 0.251 e. The van der Waals surface area contributed by atoms with Crippen molar-refractivity contribution >= 4 is 17.6 Å². The van der Waals surface area contributed by atoms with Crippen LogP contribution in [0.25, 0.3) is 0 Å². The summed E-state index contributed by atoms with van der Waals surface area (Å²) in [5.74, 6) is 0.961. The number of carbonyl (C=O) groups is 2. The van der Waals surface area contributed by atoms with Gasteiger partial charge >= 0.3 is 0 Å². The predicted octanol–water partition coefficient (Wildman–Crippen LogP) is -0.0372. The average Bonchev–Trinajstić information content (AvgIpc) is 2.56. The Kier molecular flexibility index (Phi) is 3.14. The largest absolute Gasteiger partial charge is 0.481 e. The standard InChI is InChI=1S/C11H14N4O3/c1-6-12-8(5-9(13-6)18-3)14-7-4-10(16)15(2)11(7)17/h5,7H,4H2,1-3H3,(H,12,13,14). The highest BCUT2D eigenvalue weighted by Crippen LogP contribution is 2.18. The van der Waals surface area contributed by atoms with Crippen LogP contribution in [-0.2, 0) is 9.59 Å². The number of methoxy groups -OCH3 is 1. The molecule has 1 aliphatic heterocycles. The lowest BCUT2D eigenvalue weighted by Crippen LogP contribution is -2.32. The minimum absolute atomic E-state index is 0.140. The highest BCUT2D eigenvalue weighted by atomic mass is 16.5. The molecule has 1 aromatic heterocycles. The first-order valence-corrected chi connectivity index (χ1v) is 5.48. The Labute approximate surface area is 104 Å². The van der Waals surface area contributed by atoms with E-state index in [1.54, 1.807) is 13.0 Å². The van der Waals surface area contributed by atoms with Crippen molar-refractivity contribution in [1.29, 1.82) is 0 Å². The summed E-state index contributed by atoms with van der Waals surface area (Å²) in [6, 6.07) is 1.02. The second-order valence-corrected chi connectivity index (χ2v) is 4.03. The van der Waals surface area contributed by atoms with Crippen molar-refractivity contribution < 1.29 is 14.3 Å². The first-order valence-electron chi connectivity index (χ1n) is 5.48. The van der Waals surface area contributed by atoms with Crippen LogP contribution in [0.3, 0.4) is 0 Å². The maximum absolute atomic E-state index is 11.7. The summed E-state index contributed by atoms with van der Waals surface area (Å²) in [5.41, 5.74) is 0. The van der Waals surface area contributed by atoms with Gasteiger partial charge in [0, 0.05) is 13.1 Å². The van der Waals surface area contributed by atoms with Gasteiger partial charge in [-0.1, -0.05) is 0 Å². The number of aromatic nitrogens is 2. The molecular weight excluding hydrogens is 236 g/mol. The average molecular weight is 250 g/mol. The molecule has 7 nitrogen and oxygen atoms in total. The van der Waals surface area contributed by atoms with Gasteiger partial charge in [-0.2, -0.15) is 4.98 Å². The molecule has 0 spiro atoms. The monoisotopic (exact) mass is 250 g/mol. The molecule has 1 unspecified atom stereocenters. The molecule has 96 valence electrons. The van der Waals surface area contributed by atoms with Crippen molar-refractivity contribution in [2.45, 2.75) is 19.4 Å². The van der Waals surface area contributed by atoms with Gasteiger partial charge in [-0.05, 0) is 6.92 Å². The Bertz CT molecular complexity index is 503. The van der Waals surface area contributed by atoms with Crippen molar-refractivity contribution in [2.24, 2.45) is 0 Å². The molecule has 0 saturated carbocycles. The molecule has 18 heavy (non-hydrogen) atoms. The minimum atomic E-state index is -0.568. The molecule has 0 radical (unpaired) electrons. The van der Waals surface area contributed by atoms with E-state index in [0.717, 1.165) is 4.90 Å². The molecule has 2 amide bonds. The number of ether oxygens (including phenoxy) is 1. The second kappa shape index (κ2) is 4.59. The number of hydrogen-bond acceptors (Lipinski definition) is 6. The van der Waals surface area contributed by atoms with Gasteiger partial charge in [0.1, 0.15) is 17.7 Å². The van der Waals surface area contributed by atoms with Crippen LogP contribution in [0.4, 0.5) is 5.82 Å². The van der Waals surface area contributed by atoms with Gasteiger partial charge in [-0.3, -0.25) is 14.5 Å². The van der Waals surface area contributed by atoms with E-state index < -0.39 is 6.04 Å². The fourth-order valence-electron chi connectivity index (χ4n) is 1.77. The van der Waals surface area contributed by atoms with Crippen LogP contribution in [0.1, 0.15) is 12.2 Å². The normalized spacial score (nSPS) is 19.3. The van der Waals surface area contributed by atoms with Crippen molar-refractivity contribution in [3.05, 3.63) is 11.9 Å². The molecule has 2 rings (SSSR count). The first-order chi connectivity index (χ1) is 8.51. The third-order valence-electron chi connectivity index (χ3n) is 2.73. The number of anilines is 1. The summed E-state index contributed by atoms with van der Waals surface area (Å²) in [4.78, 5) is 32.4. The number of likely N-dealkylation sites (N-methyl/N-ethyl adjacent to an activating group) is 1. The van der Waals surface area contributed by atoms with E-state index in [1.807, 2.05) is 0 Å². The smallest absolute Gasteiger partial charge is 0.251 e. The van der Waals surface area contributed by atoms with Gasteiger partial charge in [0.05, 0.1) is 13.5 Å². The second-order valence-electron chi connectivity index (χ2n) is 4.03. The summed E-state index contributed by atoms with van der Waals surface area (Å²) in [5, 5.41) is 2.92. The van der Waals surface area contributed by atoms with Crippen LogP contribution in [-0.4, -0.2) is 46.9 Å². The van der Waals surface area contributed by atoms with Gasteiger partial charge in [-0.15, -0.1) is 0 Å². The Hall–Kier alpha value is -2.18. The molecule has 1 saturated heterocycles. The molecule has 1 atom stereocenters. The predicted molar refractivity (Wildman–Crippen MR) is 63.1 cm³/mol. The quantitative estimate of drug-likeness (QED) is 0.758. The Morgan fingerprint density at radius 1 is 1.44 bits per heavy atom. The van der Waals surface area contributed by atoms with E-state index in [2.05, 4.69) is 15.3 Å². The fourth-order valence-corrected chi connectivity index (χ4v) is 1.77. The number of hydrogen-bond donors (Lipinski definition) is 1. The fraction of sp³-hybridized carbons (Fsp3) is 0.455. The summed E-state index contributed by atoms with van der Waals surface area (Å²) in [7, 11) is 2.97. The van der Waals surface area contributed by atoms with Crippen LogP contribution >= 0.6 is 0 Å². The van der Waals surface area contributed by atoms with E-state index in [4.69, 9.17) is 4.74 Å². The summed E-state index contributed by atoms with van der Waals surface area (Å²) in [6.07, 6.45) is 0.140. The lowest BCUT2D eigenvalue weighted by atomic mass is 10.2. The SMILES string of the molecule is COc1cc(NC2CC(=O)N(C)C2=O)nc(C)n1. The zero-order valence-corrected chi connectivity index (χ0v) is 10.4. The van der Waals surface area contributed by atoms with Crippen molar-refractivity contribution in [3.8, 4) is 5.88 Å². The molecule has 1 aliphatic rings. The number of likely N-dealkylation sites (tertiary alicyclic amines) is 1. The zero-order chi connectivity index (χ0) is 13.3. The van der Waals surface area contributed by atoms with Crippen molar-refractivity contribution in [2.75, 3.05) is 19.5 Å². The van der Waals surface area contributed by atoms with Gasteiger partial charge in [0.2, 0.25) is 11.8 Å². The van der Waals surface area contributed by atoms with Gasteiger partial charge in [-0.25, -0.2) is 4.98 Å². The Morgan fingerprint density at radius 2 is 2.17 bits per heavy atom. The van der Waals surface area contributed by atoms with E-state index in [0.29, 0.717) is 17.5 Å². The number of nitrogens with one attached hydrogen (secondary N) is 1. The van der Waals surface area contributed by atoms with Gasteiger partial charge in [0.15, 0.2) is 0 Å². The third-order valence-corrected chi connectivity index (χ3v) is 2.73. The first kappa shape index (κ1) is 12.3. The van der Waals surface area contributed by atoms with E-state index in [-0.39, 0.29) is 18.2 Å². The van der Waals surface area contributed by atoms with Crippen LogP contribution in [0, 0.1) is 6.92 Å². The molecule has 0 bridgehead atoms.